The van der Waals surface area contributed by atoms with E-state index in [2.05, 4.69) is 9.97 Å². The van der Waals surface area contributed by atoms with Crippen LogP contribution >= 0.6 is 0 Å². The highest BCUT2D eigenvalue weighted by Crippen LogP contribution is 2.35. The van der Waals surface area contributed by atoms with E-state index in [0.717, 1.165) is 12.1 Å². The molecule has 0 atom stereocenters. The van der Waals surface area contributed by atoms with E-state index in [9.17, 15) is 31.6 Å². The highest BCUT2D eigenvalue weighted by atomic mass is 32.2. The monoisotopic (exact) mass is 474 g/mol. The second-order valence-electron chi connectivity index (χ2n) is 7.06. The molecule has 1 aliphatic heterocycles. The number of rotatable bonds is 7. The molecule has 32 heavy (non-hydrogen) atoms. The van der Waals surface area contributed by atoms with E-state index in [1.165, 1.54) is 35.0 Å². The molecule has 0 spiro atoms. The van der Waals surface area contributed by atoms with Crippen LogP contribution in [0.25, 0.3) is 0 Å². The third-order valence-electron chi connectivity index (χ3n) is 4.85. The third kappa shape index (κ3) is 5.93. The number of amides is 1. The zero-order chi connectivity index (χ0) is 23.4. The van der Waals surface area contributed by atoms with E-state index in [4.69, 9.17) is 4.74 Å². The first-order chi connectivity index (χ1) is 15.1. The zero-order valence-electron chi connectivity index (χ0n) is 16.8. The van der Waals surface area contributed by atoms with Gasteiger partial charge in [0, 0.05) is 31.7 Å². The highest BCUT2D eigenvalue weighted by Gasteiger charge is 2.36. The number of pyridine rings is 2. The quantitative estimate of drug-likeness (QED) is 0.484. The Morgan fingerprint density at radius 1 is 1.22 bits per heavy atom. The fraction of sp³-hybridized carbons (Fsp3) is 0.421. The summed E-state index contributed by atoms with van der Waals surface area (Å²) in [4.78, 5) is 19.5. The van der Waals surface area contributed by atoms with E-state index in [1.807, 2.05) is 0 Å². The van der Waals surface area contributed by atoms with Crippen molar-refractivity contribution in [3.8, 4) is 5.88 Å². The molecular weight excluding hydrogens is 453 g/mol. The standard InChI is InChI=1S/C19H21F3N4O5S/c20-19(21,22)16-4-2-8-24-17(16)31-15-5-9-25(10-6-15)32(29,30)12-11-26(28)18(27)14-3-1-7-23-13-14/h1-4,7-8,13,15,28H,5-6,9-12H2. The Kier molecular flexibility index (Phi) is 7.31. The van der Waals surface area contributed by atoms with Crippen LogP contribution in [-0.4, -0.2) is 70.4 Å². The van der Waals surface area contributed by atoms with E-state index in [1.54, 1.807) is 0 Å². The molecule has 1 N–H and O–H groups in total. The number of aromatic nitrogens is 2. The number of hydrogen-bond acceptors (Lipinski definition) is 7. The first-order valence-electron chi connectivity index (χ1n) is 9.65. The van der Waals surface area contributed by atoms with E-state index in [0.29, 0.717) is 5.06 Å². The minimum atomic E-state index is -4.61. The maximum atomic E-state index is 13.1. The van der Waals surface area contributed by atoms with Crippen molar-refractivity contribution in [3.05, 3.63) is 54.0 Å². The lowest BCUT2D eigenvalue weighted by Crippen LogP contribution is -2.44. The predicted octanol–water partition coefficient (Wildman–Crippen LogP) is 2.20. The lowest BCUT2D eigenvalue weighted by molar-refractivity contribution is -0.139. The number of piperidine rings is 1. The van der Waals surface area contributed by atoms with Crippen LogP contribution in [0.5, 0.6) is 5.88 Å². The van der Waals surface area contributed by atoms with Crippen molar-refractivity contribution in [3.63, 3.8) is 0 Å². The van der Waals surface area contributed by atoms with E-state index >= 15 is 0 Å². The average molecular weight is 474 g/mol. The molecule has 0 bridgehead atoms. The molecule has 9 nitrogen and oxygen atoms in total. The normalized spacial score (nSPS) is 16.0. The molecule has 1 aliphatic rings. The summed E-state index contributed by atoms with van der Waals surface area (Å²) in [6.45, 7) is -0.387. The van der Waals surface area contributed by atoms with Gasteiger partial charge in [-0.15, -0.1) is 0 Å². The smallest absolute Gasteiger partial charge is 0.421 e. The minimum absolute atomic E-state index is 0.0309. The lowest BCUT2D eigenvalue weighted by Gasteiger charge is -2.31. The van der Waals surface area contributed by atoms with Crippen LogP contribution in [0.1, 0.15) is 28.8 Å². The van der Waals surface area contributed by atoms with Crippen LogP contribution in [0.3, 0.4) is 0 Å². The summed E-state index contributed by atoms with van der Waals surface area (Å²) in [6, 6.07) is 4.97. The van der Waals surface area contributed by atoms with Gasteiger partial charge in [-0.05, 0) is 37.1 Å². The van der Waals surface area contributed by atoms with Crippen LogP contribution in [0, 0.1) is 0 Å². The molecule has 1 fully saturated rings. The van der Waals surface area contributed by atoms with Gasteiger partial charge in [0.15, 0.2) is 0 Å². The predicted molar refractivity (Wildman–Crippen MR) is 105 cm³/mol. The van der Waals surface area contributed by atoms with Crippen molar-refractivity contribution in [2.24, 2.45) is 0 Å². The Hall–Kier alpha value is -2.77. The number of ether oxygens (including phenoxy) is 1. The number of sulfonamides is 1. The molecule has 1 amide bonds. The number of carbonyl (C=O) groups is 1. The molecule has 174 valence electrons. The Balaban J connectivity index is 1.53. The number of halogens is 3. The molecular formula is C19H21F3N4O5S. The number of carbonyl (C=O) groups excluding carboxylic acids is 1. The number of alkyl halides is 3. The first-order valence-corrected chi connectivity index (χ1v) is 11.3. The van der Waals surface area contributed by atoms with Crippen molar-refractivity contribution >= 4 is 15.9 Å². The summed E-state index contributed by atoms with van der Waals surface area (Å²) in [7, 11) is -3.81. The van der Waals surface area contributed by atoms with Crippen LogP contribution < -0.4 is 4.74 Å². The third-order valence-corrected chi connectivity index (χ3v) is 6.70. The van der Waals surface area contributed by atoms with Gasteiger partial charge >= 0.3 is 6.18 Å². The van der Waals surface area contributed by atoms with Gasteiger partial charge in [-0.3, -0.25) is 15.0 Å². The molecule has 13 heteroatoms. The summed E-state index contributed by atoms with van der Waals surface area (Å²) in [6.07, 6.45) is -1.01. The topological polar surface area (TPSA) is 113 Å². The largest absolute Gasteiger partial charge is 0.474 e. The molecule has 2 aromatic rings. The Labute approximate surface area is 182 Å². The van der Waals surface area contributed by atoms with Crippen LogP contribution in [0.4, 0.5) is 13.2 Å². The van der Waals surface area contributed by atoms with Gasteiger partial charge in [-0.1, -0.05) is 0 Å². The van der Waals surface area contributed by atoms with Gasteiger partial charge in [0.05, 0.1) is 17.9 Å². The molecule has 3 rings (SSSR count). The number of hydrogen-bond donors (Lipinski definition) is 1. The van der Waals surface area contributed by atoms with Gasteiger partial charge in [-0.2, -0.15) is 13.2 Å². The molecule has 2 aromatic heterocycles. The van der Waals surface area contributed by atoms with Gasteiger partial charge < -0.3 is 4.74 Å². The second kappa shape index (κ2) is 9.79. The van der Waals surface area contributed by atoms with Gasteiger partial charge in [0.1, 0.15) is 11.7 Å². The van der Waals surface area contributed by atoms with Crippen molar-refractivity contribution in [2.75, 3.05) is 25.4 Å². The maximum Gasteiger partial charge on any atom is 0.421 e. The first kappa shape index (κ1) is 23.9. The van der Waals surface area contributed by atoms with Crippen molar-refractivity contribution in [2.45, 2.75) is 25.1 Å². The molecule has 1 saturated heterocycles. The number of nitrogens with zero attached hydrogens (tertiary/aromatic N) is 4. The van der Waals surface area contributed by atoms with Gasteiger partial charge in [0.2, 0.25) is 15.9 Å². The fourth-order valence-corrected chi connectivity index (χ4v) is 4.59. The highest BCUT2D eigenvalue weighted by molar-refractivity contribution is 7.89. The van der Waals surface area contributed by atoms with Crippen molar-refractivity contribution in [1.82, 2.24) is 19.3 Å². The zero-order valence-corrected chi connectivity index (χ0v) is 17.6. The van der Waals surface area contributed by atoms with Crippen molar-refractivity contribution < 1.29 is 36.3 Å². The van der Waals surface area contributed by atoms with Crippen LogP contribution in [-0.2, 0) is 16.2 Å². The molecule has 0 unspecified atom stereocenters. The summed E-state index contributed by atoms with van der Waals surface area (Å²) < 4.78 is 70.9. The summed E-state index contributed by atoms with van der Waals surface area (Å²) in [5.74, 6) is -1.83. The Morgan fingerprint density at radius 2 is 1.91 bits per heavy atom. The Morgan fingerprint density at radius 3 is 2.53 bits per heavy atom. The average Bonchev–Trinajstić information content (AvgIpc) is 2.77. The van der Waals surface area contributed by atoms with E-state index in [-0.39, 0.29) is 31.5 Å². The van der Waals surface area contributed by atoms with Crippen molar-refractivity contribution in [1.29, 1.82) is 0 Å². The minimum Gasteiger partial charge on any atom is -0.474 e. The Bertz CT molecular complexity index is 1030. The molecule has 0 aromatic carbocycles. The fourth-order valence-electron chi connectivity index (χ4n) is 3.16. The summed E-state index contributed by atoms with van der Waals surface area (Å²) >= 11 is 0. The van der Waals surface area contributed by atoms with Crippen LogP contribution in [0.2, 0.25) is 0 Å². The summed E-state index contributed by atoms with van der Waals surface area (Å²) in [5.41, 5.74) is -0.880. The van der Waals surface area contributed by atoms with Gasteiger partial charge in [-0.25, -0.2) is 22.8 Å². The molecule has 0 radical (unpaired) electrons. The van der Waals surface area contributed by atoms with Crippen LogP contribution in [0.15, 0.2) is 42.9 Å². The SMILES string of the molecule is O=C(c1cccnc1)N(O)CCS(=O)(=O)N1CCC(Oc2ncccc2C(F)(F)F)CC1. The van der Waals surface area contributed by atoms with Gasteiger partial charge in [0.25, 0.3) is 5.91 Å². The summed E-state index contributed by atoms with van der Waals surface area (Å²) in [5, 5.41) is 10.2. The molecule has 0 saturated carbocycles. The number of hydroxylamine groups is 2. The second-order valence-corrected chi connectivity index (χ2v) is 9.14. The lowest BCUT2D eigenvalue weighted by atomic mass is 10.1. The maximum absolute atomic E-state index is 13.1. The van der Waals surface area contributed by atoms with E-state index < -0.39 is 52.0 Å². The molecule has 3 heterocycles. The molecule has 0 aliphatic carbocycles.